The standard InChI is InChI=1S/C21H21NO6S/c1-12(2)19(22-20(24)17-5-4-8-29-17)21(25)27-11-13-9-18(23)28-16-10-14(26-3)6-7-15(13)16/h4-10,12,19H,11H2,1-3H3,(H,22,24)/t19-/m1/s1. The van der Waals surface area contributed by atoms with E-state index < -0.39 is 17.6 Å². The van der Waals surface area contributed by atoms with E-state index in [1.807, 2.05) is 13.8 Å². The number of hydrogen-bond donors (Lipinski definition) is 1. The second-order valence-electron chi connectivity index (χ2n) is 6.73. The summed E-state index contributed by atoms with van der Waals surface area (Å²) in [5, 5.41) is 5.15. The number of esters is 1. The Morgan fingerprint density at radius 2 is 2.00 bits per heavy atom. The van der Waals surface area contributed by atoms with E-state index in [9.17, 15) is 14.4 Å². The average Bonchev–Trinajstić information content (AvgIpc) is 3.23. The highest BCUT2D eigenvalue weighted by molar-refractivity contribution is 7.12. The first-order chi connectivity index (χ1) is 13.9. The first kappa shape index (κ1) is 20.6. The fourth-order valence-electron chi connectivity index (χ4n) is 2.81. The first-order valence-corrected chi connectivity index (χ1v) is 9.88. The molecule has 2 aromatic heterocycles. The summed E-state index contributed by atoms with van der Waals surface area (Å²) in [7, 11) is 1.52. The van der Waals surface area contributed by atoms with Gasteiger partial charge in [0.15, 0.2) is 0 Å². The molecule has 8 heteroatoms. The quantitative estimate of drug-likeness (QED) is 0.470. The van der Waals surface area contributed by atoms with E-state index in [0.29, 0.717) is 27.2 Å². The van der Waals surface area contributed by atoms with Crippen LogP contribution in [-0.4, -0.2) is 25.0 Å². The summed E-state index contributed by atoms with van der Waals surface area (Å²) < 4.78 is 15.8. The van der Waals surface area contributed by atoms with Gasteiger partial charge in [-0.2, -0.15) is 0 Å². The molecule has 0 unspecified atom stereocenters. The smallest absolute Gasteiger partial charge is 0.336 e. The Hall–Kier alpha value is -3.13. The molecule has 0 aliphatic rings. The van der Waals surface area contributed by atoms with Crippen LogP contribution in [0, 0.1) is 5.92 Å². The molecule has 0 aliphatic carbocycles. The molecule has 1 aromatic carbocycles. The van der Waals surface area contributed by atoms with Crippen molar-refractivity contribution in [1.82, 2.24) is 5.32 Å². The number of fused-ring (bicyclic) bond motifs is 1. The Kier molecular flexibility index (Phi) is 6.33. The molecule has 0 fully saturated rings. The Bertz CT molecular complexity index is 1070. The fourth-order valence-corrected chi connectivity index (χ4v) is 3.44. The minimum absolute atomic E-state index is 0.120. The van der Waals surface area contributed by atoms with Crippen LogP contribution < -0.4 is 15.7 Å². The number of rotatable bonds is 7. The topological polar surface area (TPSA) is 94.8 Å². The number of carbonyl (C=O) groups is 2. The Morgan fingerprint density at radius 3 is 2.66 bits per heavy atom. The molecule has 0 saturated carbocycles. The molecule has 29 heavy (non-hydrogen) atoms. The number of nitrogens with one attached hydrogen (secondary N) is 1. The highest BCUT2D eigenvalue weighted by atomic mass is 32.1. The van der Waals surface area contributed by atoms with E-state index in [4.69, 9.17) is 13.9 Å². The average molecular weight is 415 g/mol. The van der Waals surface area contributed by atoms with Crippen molar-refractivity contribution in [1.29, 1.82) is 0 Å². The zero-order valence-electron chi connectivity index (χ0n) is 16.3. The van der Waals surface area contributed by atoms with Crippen LogP contribution in [0.3, 0.4) is 0 Å². The van der Waals surface area contributed by atoms with Gasteiger partial charge in [-0.25, -0.2) is 9.59 Å². The van der Waals surface area contributed by atoms with Gasteiger partial charge in [-0.3, -0.25) is 4.79 Å². The number of benzene rings is 1. The summed E-state index contributed by atoms with van der Waals surface area (Å²) >= 11 is 1.29. The highest BCUT2D eigenvalue weighted by Gasteiger charge is 2.26. The van der Waals surface area contributed by atoms with E-state index in [1.165, 1.54) is 24.5 Å². The summed E-state index contributed by atoms with van der Waals surface area (Å²) in [5.41, 5.74) is 0.303. The Morgan fingerprint density at radius 1 is 1.21 bits per heavy atom. The Labute approximate surface area is 171 Å². The number of thiophene rings is 1. The molecular weight excluding hydrogens is 394 g/mol. The van der Waals surface area contributed by atoms with Crippen molar-refractivity contribution in [3.8, 4) is 5.75 Å². The lowest BCUT2D eigenvalue weighted by molar-refractivity contribution is -0.148. The third-order valence-electron chi connectivity index (χ3n) is 4.36. The van der Waals surface area contributed by atoms with E-state index in [1.54, 1.807) is 35.7 Å². The lowest BCUT2D eigenvalue weighted by Crippen LogP contribution is -2.45. The number of carbonyl (C=O) groups excluding carboxylic acids is 2. The van der Waals surface area contributed by atoms with Gasteiger partial charge >= 0.3 is 11.6 Å². The molecule has 152 valence electrons. The van der Waals surface area contributed by atoms with Crippen LogP contribution in [0.2, 0.25) is 0 Å². The summed E-state index contributed by atoms with van der Waals surface area (Å²) in [6.45, 7) is 3.52. The molecule has 0 radical (unpaired) electrons. The first-order valence-electron chi connectivity index (χ1n) is 9.01. The van der Waals surface area contributed by atoms with Gasteiger partial charge in [0.25, 0.3) is 5.91 Å². The zero-order valence-corrected chi connectivity index (χ0v) is 17.1. The maximum atomic E-state index is 12.6. The van der Waals surface area contributed by atoms with Gasteiger partial charge in [-0.1, -0.05) is 19.9 Å². The van der Waals surface area contributed by atoms with Crippen molar-refractivity contribution >= 4 is 34.2 Å². The zero-order chi connectivity index (χ0) is 21.0. The van der Waals surface area contributed by atoms with Crippen molar-refractivity contribution in [2.45, 2.75) is 26.5 Å². The molecule has 3 aromatic rings. The largest absolute Gasteiger partial charge is 0.497 e. The van der Waals surface area contributed by atoms with Gasteiger partial charge in [-0.15, -0.1) is 11.3 Å². The molecule has 0 saturated heterocycles. The second kappa shape index (κ2) is 8.91. The molecule has 1 atom stereocenters. The van der Waals surface area contributed by atoms with E-state index in [2.05, 4.69) is 5.32 Å². The minimum Gasteiger partial charge on any atom is -0.497 e. The molecule has 0 aliphatic heterocycles. The van der Waals surface area contributed by atoms with Gasteiger partial charge in [0.2, 0.25) is 0 Å². The van der Waals surface area contributed by atoms with Gasteiger partial charge in [0, 0.05) is 23.1 Å². The van der Waals surface area contributed by atoms with E-state index >= 15 is 0 Å². The monoisotopic (exact) mass is 415 g/mol. The molecule has 0 bridgehead atoms. The molecular formula is C21H21NO6S. The molecule has 1 N–H and O–H groups in total. The number of amides is 1. The summed E-state index contributed by atoms with van der Waals surface area (Å²) in [4.78, 5) is 37.3. The van der Waals surface area contributed by atoms with Crippen molar-refractivity contribution in [2.24, 2.45) is 5.92 Å². The fraction of sp³-hybridized carbons (Fsp3) is 0.286. The number of ether oxygens (including phenoxy) is 2. The lowest BCUT2D eigenvalue weighted by Gasteiger charge is -2.20. The third kappa shape index (κ3) is 4.83. The molecule has 0 spiro atoms. The number of methoxy groups -OCH3 is 1. The molecule has 3 rings (SSSR count). The summed E-state index contributed by atoms with van der Waals surface area (Å²) in [6, 6.07) is 8.99. The highest BCUT2D eigenvalue weighted by Crippen LogP contribution is 2.23. The summed E-state index contributed by atoms with van der Waals surface area (Å²) in [6.07, 6.45) is 0. The lowest BCUT2D eigenvalue weighted by atomic mass is 10.0. The van der Waals surface area contributed by atoms with Crippen LogP contribution in [0.15, 0.2) is 51.0 Å². The van der Waals surface area contributed by atoms with Gasteiger partial charge in [0.1, 0.15) is 24.0 Å². The van der Waals surface area contributed by atoms with Crippen LogP contribution in [0.5, 0.6) is 5.75 Å². The SMILES string of the molecule is COc1ccc2c(COC(=O)[C@H](NC(=O)c3cccs3)C(C)C)cc(=O)oc2c1. The number of hydrogen-bond acceptors (Lipinski definition) is 7. The van der Waals surface area contributed by atoms with Gasteiger partial charge < -0.3 is 19.2 Å². The predicted octanol–water partition coefficient (Wildman–Crippen LogP) is 3.36. The minimum atomic E-state index is -0.809. The maximum absolute atomic E-state index is 12.6. The second-order valence-corrected chi connectivity index (χ2v) is 7.68. The van der Waals surface area contributed by atoms with Crippen molar-refractivity contribution in [3.05, 3.63) is 62.6 Å². The Balaban J connectivity index is 1.76. The normalized spacial score (nSPS) is 12.0. The molecule has 2 heterocycles. The van der Waals surface area contributed by atoms with Gasteiger partial charge in [0.05, 0.1) is 12.0 Å². The van der Waals surface area contributed by atoms with Crippen molar-refractivity contribution in [3.63, 3.8) is 0 Å². The van der Waals surface area contributed by atoms with Crippen LogP contribution in [0.25, 0.3) is 11.0 Å². The molecule has 1 amide bonds. The van der Waals surface area contributed by atoms with Gasteiger partial charge in [-0.05, 0) is 29.5 Å². The van der Waals surface area contributed by atoms with Crippen molar-refractivity contribution in [2.75, 3.05) is 7.11 Å². The predicted molar refractivity (Wildman–Crippen MR) is 109 cm³/mol. The maximum Gasteiger partial charge on any atom is 0.336 e. The van der Waals surface area contributed by atoms with Crippen LogP contribution in [-0.2, 0) is 16.1 Å². The van der Waals surface area contributed by atoms with E-state index in [-0.39, 0.29) is 18.4 Å². The van der Waals surface area contributed by atoms with E-state index in [0.717, 1.165) is 0 Å². The van der Waals surface area contributed by atoms with Crippen LogP contribution >= 0.6 is 11.3 Å². The van der Waals surface area contributed by atoms with Crippen LogP contribution in [0.4, 0.5) is 0 Å². The van der Waals surface area contributed by atoms with Crippen molar-refractivity contribution < 1.29 is 23.5 Å². The van der Waals surface area contributed by atoms with Crippen LogP contribution in [0.1, 0.15) is 29.1 Å². The molecule has 7 nitrogen and oxygen atoms in total. The summed E-state index contributed by atoms with van der Waals surface area (Å²) in [5.74, 6) is -0.521. The third-order valence-corrected chi connectivity index (χ3v) is 5.23.